The SMILES string of the molecule is CCOC(=O)C=Cc1ccc(NCC(=O)OC)cc1. The molecule has 0 saturated carbocycles. The standard InChI is InChI=1S/C14H17NO4/c1-3-19-13(16)9-6-11-4-7-12(8-5-11)15-10-14(17)18-2/h4-9,15H,3,10H2,1-2H3. The Hall–Kier alpha value is -2.30. The lowest BCUT2D eigenvalue weighted by molar-refractivity contribution is -0.138. The Morgan fingerprint density at radius 3 is 2.53 bits per heavy atom. The molecule has 0 unspecified atom stereocenters. The molecule has 5 nitrogen and oxygen atoms in total. The Balaban J connectivity index is 2.52. The molecule has 0 aliphatic carbocycles. The van der Waals surface area contributed by atoms with Gasteiger partial charge in [0.25, 0.3) is 0 Å². The average Bonchev–Trinajstić information content (AvgIpc) is 2.44. The third kappa shape index (κ3) is 5.72. The van der Waals surface area contributed by atoms with Gasteiger partial charge in [0.05, 0.1) is 13.7 Å². The molecule has 0 radical (unpaired) electrons. The molecular formula is C14H17NO4. The van der Waals surface area contributed by atoms with Crippen LogP contribution in [0.1, 0.15) is 12.5 Å². The zero-order chi connectivity index (χ0) is 14.1. The Labute approximate surface area is 112 Å². The summed E-state index contributed by atoms with van der Waals surface area (Å²) in [6.45, 7) is 2.24. The van der Waals surface area contributed by atoms with Crippen molar-refractivity contribution >= 4 is 23.7 Å². The van der Waals surface area contributed by atoms with Crippen molar-refractivity contribution in [2.45, 2.75) is 6.92 Å². The summed E-state index contributed by atoms with van der Waals surface area (Å²) in [5.41, 5.74) is 1.68. The van der Waals surface area contributed by atoms with Gasteiger partial charge in [-0.15, -0.1) is 0 Å². The molecule has 0 heterocycles. The number of rotatable bonds is 6. The van der Waals surface area contributed by atoms with Gasteiger partial charge >= 0.3 is 11.9 Å². The summed E-state index contributed by atoms with van der Waals surface area (Å²) in [4.78, 5) is 22.1. The maximum absolute atomic E-state index is 11.1. The van der Waals surface area contributed by atoms with Crippen LogP contribution in [0.2, 0.25) is 0 Å². The second-order valence-corrected chi connectivity index (χ2v) is 3.64. The first-order valence-corrected chi connectivity index (χ1v) is 5.91. The number of esters is 2. The summed E-state index contributed by atoms with van der Waals surface area (Å²) >= 11 is 0. The van der Waals surface area contributed by atoms with Gasteiger partial charge in [-0.2, -0.15) is 0 Å². The molecule has 19 heavy (non-hydrogen) atoms. The third-order valence-electron chi connectivity index (χ3n) is 2.27. The van der Waals surface area contributed by atoms with Crippen LogP contribution in [0.3, 0.4) is 0 Å². The number of methoxy groups -OCH3 is 1. The highest BCUT2D eigenvalue weighted by molar-refractivity contribution is 5.87. The molecule has 5 heteroatoms. The van der Waals surface area contributed by atoms with E-state index in [1.807, 2.05) is 24.3 Å². The number of anilines is 1. The number of benzene rings is 1. The third-order valence-corrected chi connectivity index (χ3v) is 2.27. The van der Waals surface area contributed by atoms with Crippen LogP contribution in [0.15, 0.2) is 30.3 Å². The molecular weight excluding hydrogens is 246 g/mol. The Morgan fingerprint density at radius 1 is 1.26 bits per heavy atom. The number of ether oxygens (including phenoxy) is 2. The maximum Gasteiger partial charge on any atom is 0.330 e. The van der Waals surface area contributed by atoms with Crippen molar-refractivity contribution in [2.24, 2.45) is 0 Å². The number of nitrogens with one attached hydrogen (secondary N) is 1. The molecule has 1 aromatic rings. The lowest BCUT2D eigenvalue weighted by Crippen LogP contribution is -2.14. The van der Waals surface area contributed by atoms with Gasteiger partial charge in [0.1, 0.15) is 6.54 Å². The van der Waals surface area contributed by atoms with Gasteiger partial charge in [-0.1, -0.05) is 12.1 Å². The van der Waals surface area contributed by atoms with Crippen molar-refractivity contribution in [2.75, 3.05) is 25.6 Å². The Bertz CT molecular complexity index is 451. The summed E-state index contributed by atoms with van der Waals surface area (Å²) in [5, 5.41) is 2.92. The predicted molar refractivity (Wildman–Crippen MR) is 72.6 cm³/mol. The minimum atomic E-state index is -0.365. The second kappa shape index (κ2) is 7.92. The van der Waals surface area contributed by atoms with Crippen LogP contribution in [-0.2, 0) is 19.1 Å². The van der Waals surface area contributed by atoms with Crippen LogP contribution in [-0.4, -0.2) is 32.2 Å². The van der Waals surface area contributed by atoms with Crippen LogP contribution in [0, 0.1) is 0 Å². The second-order valence-electron chi connectivity index (χ2n) is 3.64. The first-order chi connectivity index (χ1) is 9.15. The van der Waals surface area contributed by atoms with Crippen LogP contribution in [0.5, 0.6) is 0 Å². The highest BCUT2D eigenvalue weighted by Gasteiger charge is 1.99. The predicted octanol–water partition coefficient (Wildman–Crippen LogP) is 1.85. The quantitative estimate of drug-likeness (QED) is 0.626. The van der Waals surface area contributed by atoms with E-state index in [0.29, 0.717) is 6.61 Å². The molecule has 0 atom stereocenters. The molecule has 0 aliphatic heterocycles. The minimum absolute atomic E-state index is 0.120. The fraction of sp³-hybridized carbons (Fsp3) is 0.286. The summed E-state index contributed by atoms with van der Waals surface area (Å²) < 4.78 is 9.29. The molecule has 0 bridgehead atoms. The van der Waals surface area contributed by atoms with Crippen molar-refractivity contribution in [1.29, 1.82) is 0 Å². The fourth-order valence-electron chi connectivity index (χ4n) is 1.31. The van der Waals surface area contributed by atoms with Crippen LogP contribution in [0.4, 0.5) is 5.69 Å². The molecule has 102 valence electrons. The van der Waals surface area contributed by atoms with Gasteiger partial charge in [-0.25, -0.2) is 4.79 Å². The molecule has 0 saturated heterocycles. The van der Waals surface area contributed by atoms with Gasteiger partial charge in [0.2, 0.25) is 0 Å². The van der Waals surface area contributed by atoms with Crippen LogP contribution < -0.4 is 5.32 Å². The zero-order valence-electron chi connectivity index (χ0n) is 11.0. The lowest BCUT2D eigenvalue weighted by Gasteiger charge is -2.04. The summed E-state index contributed by atoms with van der Waals surface area (Å²) in [6, 6.07) is 7.28. The van der Waals surface area contributed by atoms with E-state index in [2.05, 4.69) is 10.1 Å². The van der Waals surface area contributed by atoms with E-state index in [0.717, 1.165) is 11.3 Å². The average molecular weight is 263 g/mol. The first-order valence-electron chi connectivity index (χ1n) is 5.91. The smallest absolute Gasteiger partial charge is 0.330 e. The van der Waals surface area contributed by atoms with Gasteiger partial charge in [-0.05, 0) is 30.7 Å². The van der Waals surface area contributed by atoms with E-state index in [1.165, 1.54) is 13.2 Å². The maximum atomic E-state index is 11.1. The molecule has 0 fully saturated rings. The van der Waals surface area contributed by atoms with Crippen molar-refractivity contribution in [1.82, 2.24) is 0 Å². The van der Waals surface area contributed by atoms with Gasteiger partial charge in [0, 0.05) is 11.8 Å². The normalized spacial score (nSPS) is 10.2. The number of carbonyl (C=O) groups excluding carboxylic acids is 2. The van der Waals surface area contributed by atoms with E-state index < -0.39 is 0 Å². The molecule has 1 aromatic carbocycles. The summed E-state index contributed by atoms with van der Waals surface area (Å²) in [5.74, 6) is -0.693. The highest BCUT2D eigenvalue weighted by atomic mass is 16.5. The van der Waals surface area contributed by atoms with Crippen LogP contribution in [0.25, 0.3) is 6.08 Å². The topological polar surface area (TPSA) is 64.6 Å². The minimum Gasteiger partial charge on any atom is -0.468 e. The first kappa shape index (κ1) is 14.8. The van der Waals surface area contributed by atoms with Crippen molar-refractivity contribution in [3.05, 3.63) is 35.9 Å². The molecule has 0 amide bonds. The number of hydrogen-bond donors (Lipinski definition) is 1. The van der Waals surface area contributed by atoms with Gasteiger partial charge in [-0.3, -0.25) is 4.79 Å². The molecule has 0 aromatic heterocycles. The fourth-order valence-corrected chi connectivity index (χ4v) is 1.31. The van der Waals surface area contributed by atoms with Gasteiger partial charge in [0.15, 0.2) is 0 Å². The van der Waals surface area contributed by atoms with E-state index in [1.54, 1.807) is 13.0 Å². The molecule has 1 N–H and O–H groups in total. The van der Waals surface area contributed by atoms with Crippen molar-refractivity contribution in [3.8, 4) is 0 Å². The van der Waals surface area contributed by atoms with Crippen LogP contribution >= 0.6 is 0 Å². The van der Waals surface area contributed by atoms with E-state index in [4.69, 9.17) is 4.74 Å². The lowest BCUT2D eigenvalue weighted by atomic mass is 10.2. The summed E-state index contributed by atoms with van der Waals surface area (Å²) in [6.07, 6.45) is 3.04. The molecule has 0 spiro atoms. The van der Waals surface area contributed by atoms with E-state index in [-0.39, 0.29) is 18.5 Å². The Kier molecular flexibility index (Phi) is 6.15. The van der Waals surface area contributed by atoms with Crippen molar-refractivity contribution in [3.63, 3.8) is 0 Å². The number of hydrogen-bond acceptors (Lipinski definition) is 5. The van der Waals surface area contributed by atoms with E-state index in [9.17, 15) is 9.59 Å². The van der Waals surface area contributed by atoms with Gasteiger partial charge < -0.3 is 14.8 Å². The molecule has 0 aliphatic rings. The monoisotopic (exact) mass is 263 g/mol. The largest absolute Gasteiger partial charge is 0.468 e. The highest BCUT2D eigenvalue weighted by Crippen LogP contribution is 2.10. The Morgan fingerprint density at radius 2 is 1.95 bits per heavy atom. The zero-order valence-corrected chi connectivity index (χ0v) is 11.0. The number of carbonyl (C=O) groups is 2. The summed E-state index contributed by atoms with van der Waals surface area (Å²) in [7, 11) is 1.34. The van der Waals surface area contributed by atoms with Crippen molar-refractivity contribution < 1.29 is 19.1 Å². The molecule has 1 rings (SSSR count). The van der Waals surface area contributed by atoms with E-state index >= 15 is 0 Å².